The molecule has 2 nitrogen and oxygen atoms in total. The van der Waals surface area contributed by atoms with Crippen molar-refractivity contribution in [3.63, 3.8) is 0 Å². The zero-order valence-electron chi connectivity index (χ0n) is 10.5. The number of carboxylic acids is 1. The molecule has 1 aromatic carbocycles. The number of rotatable bonds is 5. The first-order valence-electron chi connectivity index (χ1n) is 5.87. The fraction of sp³-hybridized carbons (Fsp3) is 0.500. The highest BCUT2D eigenvalue weighted by Crippen LogP contribution is 2.22. The van der Waals surface area contributed by atoms with Gasteiger partial charge in [0.15, 0.2) is 0 Å². The van der Waals surface area contributed by atoms with Crippen molar-refractivity contribution in [1.29, 1.82) is 0 Å². The van der Waals surface area contributed by atoms with Crippen LogP contribution in [0.5, 0.6) is 0 Å². The van der Waals surface area contributed by atoms with Crippen LogP contribution in [0, 0.1) is 5.92 Å². The lowest BCUT2D eigenvalue weighted by atomic mass is 9.94. The number of aliphatic carboxylic acids is 1. The Morgan fingerprint density at radius 1 is 1.24 bits per heavy atom. The van der Waals surface area contributed by atoms with Gasteiger partial charge in [0.25, 0.3) is 0 Å². The Balaban J connectivity index is 2.76. The molecule has 94 valence electrons. The van der Waals surface area contributed by atoms with E-state index in [-0.39, 0.29) is 0 Å². The van der Waals surface area contributed by atoms with Crippen molar-refractivity contribution in [2.45, 2.75) is 39.3 Å². The van der Waals surface area contributed by atoms with E-state index in [2.05, 4.69) is 13.8 Å². The fourth-order valence-electron chi connectivity index (χ4n) is 1.81. The maximum absolute atomic E-state index is 13.3. The summed E-state index contributed by atoms with van der Waals surface area (Å²) < 4.78 is 13.3. The summed E-state index contributed by atoms with van der Waals surface area (Å²) in [6.45, 7) is 5.87. The standard InChI is InChI=1S/C14H19FO2/c1-9(2)8-11-4-6-12(7-5-11)10(3)13(15)14(16)17/h4-7,9-10,13H,8H2,1-3H3,(H,16,17). The molecule has 0 amide bonds. The molecule has 1 aromatic rings. The fourth-order valence-corrected chi connectivity index (χ4v) is 1.81. The Morgan fingerprint density at radius 2 is 1.76 bits per heavy atom. The Morgan fingerprint density at radius 3 is 2.18 bits per heavy atom. The Labute approximate surface area is 101 Å². The molecule has 0 radical (unpaired) electrons. The summed E-state index contributed by atoms with van der Waals surface area (Å²) in [5.74, 6) is -1.43. The molecule has 0 bridgehead atoms. The van der Waals surface area contributed by atoms with Crippen LogP contribution in [0.4, 0.5) is 4.39 Å². The maximum atomic E-state index is 13.3. The number of hydrogen-bond acceptors (Lipinski definition) is 1. The van der Waals surface area contributed by atoms with Crippen LogP contribution in [-0.4, -0.2) is 17.2 Å². The number of carboxylic acid groups (broad SMARTS) is 1. The van der Waals surface area contributed by atoms with E-state index in [1.807, 2.05) is 24.3 Å². The number of carbonyl (C=O) groups is 1. The quantitative estimate of drug-likeness (QED) is 0.853. The van der Waals surface area contributed by atoms with Crippen molar-refractivity contribution in [3.8, 4) is 0 Å². The van der Waals surface area contributed by atoms with Crippen molar-refractivity contribution >= 4 is 5.97 Å². The molecule has 0 aliphatic rings. The van der Waals surface area contributed by atoms with Crippen molar-refractivity contribution in [1.82, 2.24) is 0 Å². The average molecular weight is 238 g/mol. The summed E-state index contributed by atoms with van der Waals surface area (Å²) in [6.07, 6.45) is -0.863. The largest absolute Gasteiger partial charge is 0.479 e. The highest BCUT2D eigenvalue weighted by atomic mass is 19.1. The molecule has 0 heterocycles. The van der Waals surface area contributed by atoms with Gasteiger partial charge in [-0.25, -0.2) is 9.18 Å². The molecule has 0 aromatic heterocycles. The van der Waals surface area contributed by atoms with E-state index < -0.39 is 18.1 Å². The molecular formula is C14H19FO2. The van der Waals surface area contributed by atoms with Gasteiger partial charge in [0.05, 0.1) is 0 Å². The van der Waals surface area contributed by atoms with Gasteiger partial charge in [-0.1, -0.05) is 45.0 Å². The van der Waals surface area contributed by atoms with Gasteiger partial charge in [-0.15, -0.1) is 0 Å². The lowest BCUT2D eigenvalue weighted by molar-refractivity contribution is -0.143. The lowest BCUT2D eigenvalue weighted by Gasteiger charge is -2.14. The Hall–Kier alpha value is -1.38. The Kier molecular flexibility index (Phi) is 4.67. The summed E-state index contributed by atoms with van der Waals surface area (Å²) in [6, 6.07) is 7.52. The monoisotopic (exact) mass is 238 g/mol. The Bertz CT molecular complexity index is 370. The summed E-state index contributed by atoms with van der Waals surface area (Å²) >= 11 is 0. The van der Waals surface area contributed by atoms with Crippen LogP contribution in [0.25, 0.3) is 0 Å². The minimum absolute atomic E-state index is 0.575. The molecule has 3 heteroatoms. The molecule has 0 fully saturated rings. The van der Waals surface area contributed by atoms with Gasteiger partial charge in [0, 0.05) is 5.92 Å². The van der Waals surface area contributed by atoms with Gasteiger partial charge in [0.2, 0.25) is 6.17 Å². The second-order valence-electron chi connectivity index (χ2n) is 4.87. The summed E-state index contributed by atoms with van der Waals surface area (Å²) in [5, 5.41) is 8.61. The van der Waals surface area contributed by atoms with E-state index in [4.69, 9.17) is 5.11 Å². The third kappa shape index (κ3) is 3.84. The molecule has 0 aliphatic heterocycles. The summed E-state index contributed by atoms with van der Waals surface area (Å²) in [5.41, 5.74) is 1.93. The number of benzene rings is 1. The number of alkyl halides is 1. The second kappa shape index (κ2) is 5.80. The molecule has 1 rings (SSSR count). The van der Waals surface area contributed by atoms with E-state index in [0.29, 0.717) is 5.92 Å². The summed E-state index contributed by atoms with van der Waals surface area (Å²) in [7, 11) is 0. The smallest absolute Gasteiger partial charge is 0.338 e. The molecule has 2 atom stereocenters. The molecule has 0 saturated heterocycles. The van der Waals surface area contributed by atoms with Gasteiger partial charge in [-0.3, -0.25) is 0 Å². The number of halogens is 1. The first-order chi connectivity index (χ1) is 7.91. The van der Waals surface area contributed by atoms with E-state index in [1.54, 1.807) is 6.92 Å². The molecular weight excluding hydrogens is 219 g/mol. The van der Waals surface area contributed by atoms with Gasteiger partial charge in [0.1, 0.15) is 0 Å². The zero-order valence-corrected chi connectivity index (χ0v) is 10.5. The topological polar surface area (TPSA) is 37.3 Å². The van der Waals surface area contributed by atoms with Crippen molar-refractivity contribution < 1.29 is 14.3 Å². The van der Waals surface area contributed by atoms with E-state index >= 15 is 0 Å². The molecule has 2 unspecified atom stereocenters. The molecule has 1 N–H and O–H groups in total. The van der Waals surface area contributed by atoms with Crippen LogP contribution in [0.3, 0.4) is 0 Å². The van der Waals surface area contributed by atoms with Crippen molar-refractivity contribution in [3.05, 3.63) is 35.4 Å². The first-order valence-corrected chi connectivity index (χ1v) is 5.87. The normalized spacial score (nSPS) is 14.6. The first kappa shape index (κ1) is 13.7. The lowest BCUT2D eigenvalue weighted by Crippen LogP contribution is -2.21. The SMILES string of the molecule is CC(C)Cc1ccc(C(C)C(F)C(=O)O)cc1. The van der Waals surface area contributed by atoms with Crippen molar-refractivity contribution in [2.24, 2.45) is 5.92 Å². The van der Waals surface area contributed by atoms with E-state index in [9.17, 15) is 9.18 Å². The van der Waals surface area contributed by atoms with E-state index in [1.165, 1.54) is 5.56 Å². The van der Waals surface area contributed by atoms with Crippen LogP contribution in [0.2, 0.25) is 0 Å². The number of hydrogen-bond donors (Lipinski definition) is 1. The molecule has 0 aliphatic carbocycles. The van der Waals surface area contributed by atoms with Gasteiger partial charge in [-0.05, 0) is 23.5 Å². The highest BCUT2D eigenvalue weighted by Gasteiger charge is 2.24. The van der Waals surface area contributed by atoms with Gasteiger partial charge in [-0.2, -0.15) is 0 Å². The highest BCUT2D eigenvalue weighted by molar-refractivity contribution is 5.73. The van der Waals surface area contributed by atoms with Crippen LogP contribution >= 0.6 is 0 Å². The average Bonchev–Trinajstić information content (AvgIpc) is 2.27. The minimum atomic E-state index is -1.84. The molecule has 0 saturated carbocycles. The maximum Gasteiger partial charge on any atom is 0.338 e. The summed E-state index contributed by atoms with van der Waals surface area (Å²) in [4.78, 5) is 10.6. The van der Waals surface area contributed by atoms with Crippen LogP contribution in [0.15, 0.2) is 24.3 Å². The third-order valence-corrected chi connectivity index (χ3v) is 2.82. The van der Waals surface area contributed by atoms with Gasteiger partial charge < -0.3 is 5.11 Å². The second-order valence-corrected chi connectivity index (χ2v) is 4.87. The molecule has 0 spiro atoms. The third-order valence-electron chi connectivity index (χ3n) is 2.82. The van der Waals surface area contributed by atoms with Crippen LogP contribution < -0.4 is 0 Å². The zero-order chi connectivity index (χ0) is 13.0. The minimum Gasteiger partial charge on any atom is -0.479 e. The van der Waals surface area contributed by atoms with Crippen molar-refractivity contribution in [2.75, 3.05) is 0 Å². The predicted molar refractivity (Wildman–Crippen MR) is 65.9 cm³/mol. The van der Waals surface area contributed by atoms with Gasteiger partial charge >= 0.3 is 5.97 Å². The van der Waals surface area contributed by atoms with E-state index in [0.717, 1.165) is 12.0 Å². The molecule has 17 heavy (non-hydrogen) atoms. The predicted octanol–water partition coefficient (Wildman–Crippen LogP) is 3.41. The van der Waals surface area contributed by atoms with Crippen LogP contribution in [-0.2, 0) is 11.2 Å². The van der Waals surface area contributed by atoms with Crippen LogP contribution in [0.1, 0.15) is 37.8 Å².